The Hall–Kier alpha value is -2.73. The summed E-state index contributed by atoms with van der Waals surface area (Å²) in [4.78, 5) is 16.8. The lowest BCUT2D eigenvalue weighted by Crippen LogP contribution is -2.23. The minimum Gasteiger partial charge on any atom is -0.406 e. The van der Waals surface area contributed by atoms with Gasteiger partial charge in [-0.25, -0.2) is 4.98 Å². The maximum absolute atomic E-state index is 12.4. The number of hydrogen-bond acceptors (Lipinski definition) is 5. The van der Waals surface area contributed by atoms with Crippen LogP contribution in [0.15, 0.2) is 29.3 Å². The summed E-state index contributed by atoms with van der Waals surface area (Å²) in [5.74, 6) is -0.738. The fraction of sp³-hybridized carbons (Fsp3) is 0.316. The van der Waals surface area contributed by atoms with Gasteiger partial charge in [-0.1, -0.05) is 11.8 Å². The van der Waals surface area contributed by atoms with Gasteiger partial charge in [0.2, 0.25) is 5.91 Å². The van der Waals surface area contributed by atoms with E-state index in [2.05, 4.69) is 21.1 Å². The molecule has 0 saturated heterocycles. The van der Waals surface area contributed by atoms with Crippen LogP contribution < -0.4 is 10.1 Å². The monoisotopic (exact) mass is 409 g/mol. The third-order valence-corrected chi connectivity index (χ3v) is 5.17. The summed E-state index contributed by atoms with van der Waals surface area (Å²) >= 11 is 1.15. The number of aryl methyl sites for hydroxylation is 1. The van der Waals surface area contributed by atoms with Gasteiger partial charge in [-0.3, -0.25) is 4.79 Å². The van der Waals surface area contributed by atoms with Crippen LogP contribution >= 0.6 is 11.8 Å². The minimum atomic E-state index is -4.77. The van der Waals surface area contributed by atoms with Crippen molar-refractivity contribution in [2.75, 3.05) is 5.32 Å². The zero-order valence-electron chi connectivity index (χ0n) is 15.6. The second-order valence-electron chi connectivity index (χ2n) is 6.06. The lowest BCUT2D eigenvalue weighted by atomic mass is 10.1. The Bertz CT molecular complexity index is 922. The molecule has 9 heteroatoms. The van der Waals surface area contributed by atoms with Gasteiger partial charge in [0, 0.05) is 11.4 Å². The fourth-order valence-electron chi connectivity index (χ4n) is 2.33. The molecule has 2 rings (SSSR count). The van der Waals surface area contributed by atoms with E-state index in [1.165, 1.54) is 12.1 Å². The molecule has 1 N–H and O–H groups in total. The molecule has 0 radical (unpaired) electrons. The van der Waals surface area contributed by atoms with E-state index in [0.717, 1.165) is 40.7 Å². The van der Waals surface area contributed by atoms with Crippen LogP contribution in [-0.4, -0.2) is 22.5 Å². The topological polar surface area (TPSA) is 75.0 Å². The number of nitrogens with zero attached hydrogens (tertiary/aromatic N) is 2. The van der Waals surface area contributed by atoms with Gasteiger partial charge in [0.05, 0.1) is 10.8 Å². The van der Waals surface area contributed by atoms with Crippen LogP contribution in [-0.2, 0) is 4.79 Å². The van der Waals surface area contributed by atoms with E-state index in [1.807, 2.05) is 20.8 Å². The molecule has 0 fully saturated rings. The Labute approximate surface area is 164 Å². The number of hydrogen-bond donors (Lipinski definition) is 1. The van der Waals surface area contributed by atoms with E-state index in [9.17, 15) is 23.2 Å². The SMILES string of the molecule is Cc1nc(S[C@H](C)C(=O)Nc2ccc(OC(F)(F)F)cc2)c(C#N)c(C)c1C. The van der Waals surface area contributed by atoms with E-state index < -0.39 is 11.6 Å². The number of ether oxygens (including phenoxy) is 1. The predicted octanol–water partition coefficient (Wildman–Crippen LogP) is 4.90. The van der Waals surface area contributed by atoms with Crippen molar-refractivity contribution < 1.29 is 22.7 Å². The molecule has 0 unspecified atom stereocenters. The number of alkyl halides is 3. The number of anilines is 1. The van der Waals surface area contributed by atoms with Gasteiger partial charge in [0.25, 0.3) is 0 Å². The highest BCUT2D eigenvalue weighted by Crippen LogP contribution is 2.30. The van der Waals surface area contributed by atoms with Crippen molar-refractivity contribution >= 4 is 23.4 Å². The van der Waals surface area contributed by atoms with Crippen LogP contribution in [0, 0.1) is 32.1 Å². The molecule has 5 nitrogen and oxygen atoms in total. The molecule has 1 atom stereocenters. The first-order valence-electron chi connectivity index (χ1n) is 8.23. The second-order valence-corrected chi connectivity index (χ2v) is 7.39. The number of nitriles is 1. The van der Waals surface area contributed by atoms with Gasteiger partial charge in [-0.2, -0.15) is 5.26 Å². The molecule has 1 aromatic heterocycles. The highest BCUT2D eigenvalue weighted by atomic mass is 32.2. The first kappa shape index (κ1) is 21.6. The average Bonchev–Trinajstić information content (AvgIpc) is 2.60. The molecule has 0 saturated carbocycles. The fourth-order valence-corrected chi connectivity index (χ4v) is 3.34. The third kappa shape index (κ3) is 5.39. The number of carbonyl (C=O) groups excluding carboxylic acids is 1. The van der Waals surface area contributed by atoms with Crippen molar-refractivity contribution in [3.8, 4) is 11.8 Å². The molecule has 1 amide bonds. The number of rotatable bonds is 5. The van der Waals surface area contributed by atoms with E-state index in [4.69, 9.17) is 0 Å². The van der Waals surface area contributed by atoms with Crippen molar-refractivity contribution in [1.82, 2.24) is 4.98 Å². The summed E-state index contributed by atoms with van der Waals surface area (Å²) in [6.07, 6.45) is -4.77. The highest BCUT2D eigenvalue weighted by molar-refractivity contribution is 8.00. The molecule has 148 valence electrons. The molecule has 0 bridgehead atoms. The Morgan fingerprint density at radius 1 is 1.21 bits per heavy atom. The normalized spacial score (nSPS) is 12.2. The van der Waals surface area contributed by atoms with Gasteiger partial charge in [0.1, 0.15) is 16.8 Å². The van der Waals surface area contributed by atoms with Crippen LogP contribution in [0.1, 0.15) is 29.3 Å². The molecule has 0 aliphatic carbocycles. The Balaban J connectivity index is 2.09. The van der Waals surface area contributed by atoms with Crippen LogP contribution in [0.25, 0.3) is 0 Å². The predicted molar refractivity (Wildman–Crippen MR) is 100 cm³/mol. The highest BCUT2D eigenvalue weighted by Gasteiger charge is 2.31. The summed E-state index contributed by atoms with van der Waals surface area (Å²) in [5, 5.41) is 11.9. The Kier molecular flexibility index (Phi) is 6.56. The smallest absolute Gasteiger partial charge is 0.406 e. The zero-order chi connectivity index (χ0) is 21.1. The number of pyridine rings is 1. The molecule has 0 aliphatic rings. The summed E-state index contributed by atoms with van der Waals surface area (Å²) in [7, 11) is 0. The molecule has 28 heavy (non-hydrogen) atoms. The lowest BCUT2D eigenvalue weighted by Gasteiger charge is -2.15. The van der Waals surface area contributed by atoms with E-state index in [-0.39, 0.29) is 11.7 Å². The number of halogens is 3. The zero-order valence-corrected chi connectivity index (χ0v) is 16.5. The second kappa shape index (κ2) is 8.52. The van der Waals surface area contributed by atoms with Crippen molar-refractivity contribution in [3.05, 3.63) is 46.6 Å². The number of carbonyl (C=O) groups is 1. The number of amides is 1. The molecule has 2 aromatic rings. The van der Waals surface area contributed by atoms with Crippen molar-refractivity contribution in [2.24, 2.45) is 0 Å². The lowest BCUT2D eigenvalue weighted by molar-refractivity contribution is -0.274. The van der Waals surface area contributed by atoms with Crippen LogP contribution in [0.2, 0.25) is 0 Å². The summed E-state index contributed by atoms with van der Waals surface area (Å²) in [5.41, 5.74) is 3.30. The maximum atomic E-state index is 12.4. The van der Waals surface area contributed by atoms with Gasteiger partial charge >= 0.3 is 6.36 Å². The number of thioether (sulfide) groups is 1. The van der Waals surface area contributed by atoms with Crippen LogP contribution in [0.4, 0.5) is 18.9 Å². The summed E-state index contributed by atoms with van der Waals surface area (Å²) in [6, 6.07) is 6.99. The first-order valence-corrected chi connectivity index (χ1v) is 9.11. The standard InChI is InChI=1S/C19H18F3N3O2S/c1-10-11(2)16(9-23)18(24-12(10)3)28-13(4)17(26)25-14-5-7-15(8-6-14)27-19(20,21)22/h5-8,13H,1-4H3,(H,25,26)/t13-/m1/s1. The van der Waals surface area contributed by atoms with Gasteiger partial charge in [0.15, 0.2) is 0 Å². The van der Waals surface area contributed by atoms with Crippen LogP contribution in [0.5, 0.6) is 5.75 Å². The van der Waals surface area contributed by atoms with Crippen molar-refractivity contribution in [2.45, 2.75) is 44.3 Å². The van der Waals surface area contributed by atoms with Crippen molar-refractivity contribution in [3.63, 3.8) is 0 Å². The molecular formula is C19H18F3N3O2S. The minimum absolute atomic E-state index is 0.330. The summed E-state index contributed by atoms with van der Waals surface area (Å²) < 4.78 is 40.3. The Morgan fingerprint density at radius 3 is 2.36 bits per heavy atom. The number of aromatic nitrogens is 1. The van der Waals surface area contributed by atoms with E-state index >= 15 is 0 Å². The molecule has 0 spiro atoms. The molecular weight excluding hydrogens is 391 g/mol. The third-order valence-electron chi connectivity index (χ3n) is 4.09. The molecule has 1 aromatic carbocycles. The van der Waals surface area contributed by atoms with Gasteiger partial charge in [-0.15, -0.1) is 13.2 Å². The summed E-state index contributed by atoms with van der Waals surface area (Å²) in [6.45, 7) is 7.22. The van der Waals surface area contributed by atoms with Gasteiger partial charge in [-0.05, 0) is 63.1 Å². The number of benzene rings is 1. The van der Waals surface area contributed by atoms with Gasteiger partial charge < -0.3 is 10.1 Å². The number of nitrogens with one attached hydrogen (secondary N) is 1. The van der Waals surface area contributed by atoms with E-state index in [0.29, 0.717) is 16.3 Å². The molecule has 1 heterocycles. The Morgan fingerprint density at radius 2 is 1.82 bits per heavy atom. The maximum Gasteiger partial charge on any atom is 0.573 e. The largest absolute Gasteiger partial charge is 0.573 e. The van der Waals surface area contributed by atoms with E-state index in [1.54, 1.807) is 6.92 Å². The quantitative estimate of drug-likeness (QED) is 0.711. The van der Waals surface area contributed by atoms with Crippen molar-refractivity contribution in [1.29, 1.82) is 5.26 Å². The molecule has 0 aliphatic heterocycles. The average molecular weight is 409 g/mol. The first-order chi connectivity index (χ1) is 13.0. The van der Waals surface area contributed by atoms with Crippen LogP contribution in [0.3, 0.4) is 0 Å².